The molecule has 0 saturated carbocycles. The lowest BCUT2D eigenvalue weighted by molar-refractivity contribution is -0.141. The summed E-state index contributed by atoms with van der Waals surface area (Å²) in [5.74, 6) is -1.71. The number of rotatable bonds is 4. The van der Waals surface area contributed by atoms with E-state index in [1.165, 1.54) is 4.90 Å². The molecule has 1 heterocycles. The molecule has 1 aromatic heterocycles. The third kappa shape index (κ3) is 3.18. The van der Waals surface area contributed by atoms with Crippen molar-refractivity contribution in [2.45, 2.75) is 13.8 Å². The summed E-state index contributed by atoms with van der Waals surface area (Å²) in [6, 6.07) is 9.18. The summed E-state index contributed by atoms with van der Waals surface area (Å²) in [5.41, 5.74) is 2.08. The van der Waals surface area contributed by atoms with E-state index < -0.39 is 11.9 Å². The number of nitrogens with zero attached hydrogens (tertiary/aromatic N) is 2. The molecule has 1 unspecified atom stereocenters. The Kier molecular flexibility index (Phi) is 4.21. The maximum absolute atomic E-state index is 12.6. The van der Waals surface area contributed by atoms with E-state index in [1.807, 2.05) is 31.2 Å². The van der Waals surface area contributed by atoms with Crippen LogP contribution in [0.25, 0.3) is 10.9 Å². The highest BCUT2D eigenvalue weighted by atomic mass is 16.4. The van der Waals surface area contributed by atoms with Gasteiger partial charge in [-0.2, -0.15) is 0 Å². The summed E-state index contributed by atoms with van der Waals surface area (Å²) in [4.78, 5) is 29.3. The number of para-hydroxylation sites is 1. The van der Waals surface area contributed by atoms with E-state index in [0.29, 0.717) is 5.56 Å². The van der Waals surface area contributed by atoms with Crippen molar-refractivity contribution >= 4 is 22.8 Å². The highest BCUT2D eigenvalue weighted by molar-refractivity contribution is 6.06. The first-order valence-electron chi connectivity index (χ1n) is 6.75. The van der Waals surface area contributed by atoms with Crippen molar-refractivity contribution in [2.24, 2.45) is 5.92 Å². The number of carbonyl (C=O) groups excluding carboxylic acids is 1. The Hall–Kier alpha value is -2.43. The molecular weight excluding hydrogens is 268 g/mol. The molecular formula is C16H18N2O3. The van der Waals surface area contributed by atoms with Crippen LogP contribution in [0.3, 0.4) is 0 Å². The van der Waals surface area contributed by atoms with Crippen molar-refractivity contribution in [1.29, 1.82) is 0 Å². The van der Waals surface area contributed by atoms with Gasteiger partial charge in [0.15, 0.2) is 0 Å². The van der Waals surface area contributed by atoms with Gasteiger partial charge in [-0.05, 0) is 19.1 Å². The van der Waals surface area contributed by atoms with Crippen molar-refractivity contribution in [1.82, 2.24) is 9.88 Å². The molecule has 1 atom stereocenters. The zero-order valence-electron chi connectivity index (χ0n) is 12.3. The Morgan fingerprint density at radius 1 is 1.33 bits per heavy atom. The summed E-state index contributed by atoms with van der Waals surface area (Å²) in [6.07, 6.45) is 0. The number of amides is 1. The average molecular weight is 286 g/mol. The minimum Gasteiger partial charge on any atom is -0.481 e. The second-order valence-corrected chi connectivity index (χ2v) is 5.25. The van der Waals surface area contributed by atoms with E-state index in [0.717, 1.165) is 16.6 Å². The van der Waals surface area contributed by atoms with Gasteiger partial charge in [-0.25, -0.2) is 0 Å². The summed E-state index contributed by atoms with van der Waals surface area (Å²) < 4.78 is 0. The fraction of sp³-hybridized carbons (Fsp3) is 0.312. The lowest BCUT2D eigenvalue weighted by atomic mass is 10.1. The molecule has 0 radical (unpaired) electrons. The summed E-state index contributed by atoms with van der Waals surface area (Å²) in [5, 5.41) is 9.73. The first kappa shape index (κ1) is 15.0. The Labute approximate surface area is 123 Å². The fourth-order valence-corrected chi connectivity index (χ4v) is 2.26. The van der Waals surface area contributed by atoms with E-state index in [9.17, 15) is 9.59 Å². The van der Waals surface area contributed by atoms with E-state index >= 15 is 0 Å². The minimum atomic E-state index is -0.912. The minimum absolute atomic E-state index is 0.171. The van der Waals surface area contributed by atoms with Crippen LogP contribution < -0.4 is 0 Å². The number of pyridine rings is 1. The van der Waals surface area contributed by atoms with Gasteiger partial charge in [-0.3, -0.25) is 14.6 Å². The van der Waals surface area contributed by atoms with Crippen LogP contribution >= 0.6 is 0 Å². The van der Waals surface area contributed by atoms with Crippen molar-refractivity contribution in [3.63, 3.8) is 0 Å². The standard InChI is InChI=1S/C16H18N2O3/c1-10(16(20)21)9-18(3)15(19)13-8-11(2)17-14-7-5-4-6-12(13)14/h4-8,10H,9H2,1-3H3,(H,20,21). The average Bonchev–Trinajstić information content (AvgIpc) is 2.45. The Morgan fingerprint density at radius 3 is 2.67 bits per heavy atom. The second-order valence-electron chi connectivity index (χ2n) is 5.25. The molecule has 0 bridgehead atoms. The molecule has 110 valence electrons. The predicted molar refractivity (Wildman–Crippen MR) is 80.2 cm³/mol. The zero-order chi connectivity index (χ0) is 15.6. The second kappa shape index (κ2) is 5.91. The summed E-state index contributed by atoms with van der Waals surface area (Å²) >= 11 is 0. The van der Waals surface area contributed by atoms with Gasteiger partial charge in [-0.15, -0.1) is 0 Å². The maximum Gasteiger partial charge on any atom is 0.308 e. The van der Waals surface area contributed by atoms with Gasteiger partial charge >= 0.3 is 5.97 Å². The number of hydrogen-bond donors (Lipinski definition) is 1. The van der Waals surface area contributed by atoms with Crippen LogP contribution in [0.4, 0.5) is 0 Å². The molecule has 0 aliphatic heterocycles. The number of aromatic nitrogens is 1. The maximum atomic E-state index is 12.6. The van der Waals surface area contributed by atoms with Crippen LogP contribution in [0.5, 0.6) is 0 Å². The molecule has 0 fully saturated rings. The molecule has 2 rings (SSSR count). The largest absolute Gasteiger partial charge is 0.481 e. The zero-order valence-corrected chi connectivity index (χ0v) is 12.3. The third-order valence-corrected chi connectivity index (χ3v) is 3.39. The highest BCUT2D eigenvalue weighted by Crippen LogP contribution is 2.19. The molecule has 2 aromatic rings. The van der Waals surface area contributed by atoms with E-state index in [1.54, 1.807) is 20.0 Å². The van der Waals surface area contributed by atoms with Gasteiger partial charge in [0.25, 0.3) is 5.91 Å². The summed E-state index contributed by atoms with van der Waals surface area (Å²) in [6.45, 7) is 3.59. The topological polar surface area (TPSA) is 70.5 Å². The Morgan fingerprint density at radius 2 is 2.00 bits per heavy atom. The quantitative estimate of drug-likeness (QED) is 0.936. The van der Waals surface area contributed by atoms with E-state index in [2.05, 4.69) is 4.98 Å². The molecule has 0 saturated heterocycles. The van der Waals surface area contributed by atoms with Crippen LogP contribution in [0.15, 0.2) is 30.3 Å². The number of aryl methyl sites for hydroxylation is 1. The Balaban J connectivity index is 2.37. The molecule has 0 aliphatic carbocycles. The predicted octanol–water partition coefficient (Wildman–Crippen LogP) is 2.34. The smallest absolute Gasteiger partial charge is 0.308 e. The van der Waals surface area contributed by atoms with Gasteiger partial charge in [0.1, 0.15) is 0 Å². The molecule has 0 aliphatic rings. The van der Waals surface area contributed by atoms with Crippen LogP contribution in [-0.4, -0.2) is 40.5 Å². The number of hydrogen-bond acceptors (Lipinski definition) is 3. The van der Waals surface area contributed by atoms with Gasteiger partial charge in [0.2, 0.25) is 0 Å². The summed E-state index contributed by atoms with van der Waals surface area (Å²) in [7, 11) is 1.62. The van der Waals surface area contributed by atoms with Gasteiger partial charge < -0.3 is 10.0 Å². The number of aliphatic carboxylic acids is 1. The number of carboxylic acids is 1. The molecule has 0 spiro atoms. The first-order chi connectivity index (χ1) is 9.90. The van der Waals surface area contributed by atoms with Crippen LogP contribution in [-0.2, 0) is 4.79 Å². The Bertz CT molecular complexity index is 697. The third-order valence-electron chi connectivity index (χ3n) is 3.39. The molecule has 1 aromatic carbocycles. The van der Waals surface area contributed by atoms with Crippen molar-refractivity contribution in [3.8, 4) is 0 Å². The fourth-order valence-electron chi connectivity index (χ4n) is 2.26. The molecule has 5 nitrogen and oxygen atoms in total. The molecule has 21 heavy (non-hydrogen) atoms. The number of carboxylic acid groups (broad SMARTS) is 1. The van der Waals surface area contributed by atoms with Gasteiger partial charge in [0.05, 0.1) is 17.0 Å². The van der Waals surface area contributed by atoms with Crippen LogP contribution in [0.2, 0.25) is 0 Å². The normalized spacial score (nSPS) is 12.1. The van der Waals surface area contributed by atoms with E-state index in [-0.39, 0.29) is 12.5 Å². The number of benzene rings is 1. The number of carbonyl (C=O) groups is 2. The lowest BCUT2D eigenvalue weighted by Crippen LogP contribution is -2.33. The SMILES string of the molecule is Cc1cc(C(=O)N(C)CC(C)C(=O)O)c2ccccc2n1. The molecule has 5 heteroatoms. The highest BCUT2D eigenvalue weighted by Gasteiger charge is 2.20. The first-order valence-corrected chi connectivity index (χ1v) is 6.75. The van der Waals surface area contributed by atoms with Crippen molar-refractivity contribution in [3.05, 3.63) is 41.6 Å². The van der Waals surface area contributed by atoms with Crippen molar-refractivity contribution in [2.75, 3.05) is 13.6 Å². The lowest BCUT2D eigenvalue weighted by Gasteiger charge is -2.20. The molecule has 1 N–H and O–H groups in total. The van der Waals surface area contributed by atoms with Crippen LogP contribution in [0.1, 0.15) is 23.0 Å². The number of fused-ring (bicyclic) bond motifs is 1. The van der Waals surface area contributed by atoms with Crippen LogP contribution in [0, 0.1) is 12.8 Å². The van der Waals surface area contributed by atoms with E-state index in [4.69, 9.17) is 5.11 Å². The monoisotopic (exact) mass is 286 g/mol. The molecule has 1 amide bonds. The van der Waals surface area contributed by atoms with Crippen molar-refractivity contribution < 1.29 is 14.7 Å². The van der Waals surface area contributed by atoms with Gasteiger partial charge in [0, 0.05) is 24.7 Å². The van der Waals surface area contributed by atoms with Gasteiger partial charge in [-0.1, -0.05) is 25.1 Å².